The van der Waals surface area contributed by atoms with Gasteiger partial charge in [-0.3, -0.25) is 24.0 Å². The smallest absolute Gasteiger partial charge is 0.246 e. The second-order valence-electron chi connectivity index (χ2n) is 14.5. The predicted molar refractivity (Wildman–Crippen MR) is 183 cm³/mol. The normalized spacial score (nSPS) is 27.9. The third kappa shape index (κ3) is 9.42. The Bertz CT molecular complexity index is 1380. The lowest BCUT2D eigenvalue weighted by atomic mass is 9.78. The molecule has 8 N–H and O–H groups in total. The van der Waals surface area contributed by atoms with Gasteiger partial charge in [0.2, 0.25) is 29.5 Å². The van der Waals surface area contributed by atoms with Crippen molar-refractivity contribution in [2.24, 2.45) is 11.8 Å². The average Bonchev–Trinajstić information content (AvgIpc) is 3.41. The second-order valence-corrected chi connectivity index (χ2v) is 14.5. The zero-order valence-corrected chi connectivity index (χ0v) is 30.4. The summed E-state index contributed by atoms with van der Waals surface area (Å²) in [4.78, 5) is 70.6. The number of aliphatic hydroxyl groups excluding tert-OH is 5. The first-order chi connectivity index (χ1) is 23.9. The lowest BCUT2D eigenvalue weighted by molar-refractivity contribution is -0.277. The molecule has 0 unspecified atom stereocenters. The highest BCUT2D eigenvalue weighted by Gasteiger charge is 2.67. The Labute approximate surface area is 298 Å². The van der Waals surface area contributed by atoms with Crippen LogP contribution in [0.5, 0.6) is 0 Å². The molecule has 2 heterocycles. The maximum absolute atomic E-state index is 14.9. The lowest BCUT2D eigenvalue weighted by Gasteiger charge is -2.49. The third-order valence-electron chi connectivity index (χ3n) is 9.48. The fourth-order valence-electron chi connectivity index (χ4n) is 6.96. The highest BCUT2D eigenvalue weighted by Crippen LogP contribution is 2.45. The number of ether oxygens (including phenoxy) is 1. The van der Waals surface area contributed by atoms with Crippen LogP contribution in [-0.4, -0.2) is 152 Å². The van der Waals surface area contributed by atoms with E-state index in [4.69, 9.17) is 4.74 Å². The number of benzene rings is 1. The summed E-state index contributed by atoms with van der Waals surface area (Å²) in [5.41, 5.74) is -1.57. The van der Waals surface area contributed by atoms with E-state index in [1.54, 1.807) is 44.2 Å². The minimum absolute atomic E-state index is 0.0221. The number of carbonyl (C=O) groups is 5. The Morgan fingerprint density at radius 2 is 1.55 bits per heavy atom. The number of aliphatic hydroxyl groups is 5. The molecule has 5 amide bonds. The molecule has 2 aliphatic rings. The van der Waals surface area contributed by atoms with E-state index in [0.29, 0.717) is 5.56 Å². The number of nitrogens with zero attached hydrogens (tertiary/aromatic N) is 2. The molecule has 2 fully saturated rings. The molecule has 1 spiro atoms. The quantitative estimate of drug-likeness (QED) is 0.101. The summed E-state index contributed by atoms with van der Waals surface area (Å²) in [5, 5.41) is 61.9. The van der Waals surface area contributed by atoms with Crippen molar-refractivity contribution < 1.29 is 54.2 Å². The fraction of sp³-hybridized carbons (Fsp3) is 0.686. The molecule has 16 nitrogen and oxygen atoms in total. The molecule has 3 rings (SSSR count). The number of rotatable bonds is 14. The van der Waals surface area contributed by atoms with Crippen LogP contribution >= 0.6 is 0 Å². The molecule has 10 atom stereocenters. The summed E-state index contributed by atoms with van der Waals surface area (Å²) in [6.45, 7) is 6.78. The molecule has 286 valence electrons. The lowest BCUT2D eigenvalue weighted by Crippen LogP contribution is -2.72. The van der Waals surface area contributed by atoms with Gasteiger partial charge in [-0.05, 0) is 23.8 Å². The van der Waals surface area contributed by atoms with Gasteiger partial charge in [0, 0.05) is 33.9 Å². The van der Waals surface area contributed by atoms with Gasteiger partial charge in [0.25, 0.3) is 0 Å². The van der Waals surface area contributed by atoms with Crippen molar-refractivity contribution in [3.63, 3.8) is 0 Å². The molecule has 2 aliphatic heterocycles. The minimum Gasteiger partial charge on any atom is -0.394 e. The summed E-state index contributed by atoms with van der Waals surface area (Å²) in [5.74, 6) is -3.93. The molecule has 0 bridgehead atoms. The number of likely N-dealkylation sites (tertiary alicyclic amines) is 1. The number of hydrogen-bond donors (Lipinski definition) is 8. The zero-order valence-electron chi connectivity index (χ0n) is 30.4. The van der Waals surface area contributed by atoms with Crippen LogP contribution in [0.1, 0.15) is 53.0 Å². The Balaban J connectivity index is 2.20. The summed E-state index contributed by atoms with van der Waals surface area (Å²) in [6, 6.07) is 2.07. The van der Waals surface area contributed by atoms with Crippen LogP contribution in [0.4, 0.5) is 0 Å². The van der Waals surface area contributed by atoms with Gasteiger partial charge in [-0.1, -0.05) is 58.0 Å². The average molecular weight is 722 g/mol. The van der Waals surface area contributed by atoms with Gasteiger partial charge < -0.3 is 56.0 Å². The van der Waals surface area contributed by atoms with E-state index in [2.05, 4.69) is 16.0 Å². The Kier molecular flexibility index (Phi) is 14.5. The zero-order chi connectivity index (χ0) is 38.4. The molecule has 16 heteroatoms. The van der Waals surface area contributed by atoms with E-state index in [1.807, 2.05) is 13.8 Å². The standard InChI is InChI=1S/C35H55N5O11/c1-18(2)13-23(36-20(5)43)31(47)37-24(14-21-11-9-8-10-12-21)33(49)40-22(16-41)15-35(30(46)28(45)27(44)25(17-42)51-35)29(40)32(48)38-26(19(3)4)34(50)39(6)7/h8-12,18-19,22-30,41-42,44-46H,13-17H2,1-7H3,(H,36,43)(H,37,47)(H,38,48)/t22-,23+,24-,25-,26+,27-,28+,29-,30-,35+/m1/s1. The van der Waals surface area contributed by atoms with E-state index in [1.165, 1.54) is 25.9 Å². The van der Waals surface area contributed by atoms with Crippen LogP contribution in [0.3, 0.4) is 0 Å². The second kappa shape index (κ2) is 17.7. The highest BCUT2D eigenvalue weighted by atomic mass is 16.6. The Morgan fingerprint density at radius 3 is 2.06 bits per heavy atom. The number of likely N-dealkylation sites (N-methyl/N-ethyl adjacent to an activating group) is 1. The van der Waals surface area contributed by atoms with Crippen molar-refractivity contribution in [1.29, 1.82) is 0 Å². The number of nitrogens with one attached hydrogen (secondary N) is 3. The molecule has 0 saturated carbocycles. The number of hydrogen-bond acceptors (Lipinski definition) is 11. The number of amides is 5. The van der Waals surface area contributed by atoms with Crippen LogP contribution in [0.25, 0.3) is 0 Å². The molecule has 0 radical (unpaired) electrons. The van der Waals surface area contributed by atoms with Gasteiger partial charge in [-0.15, -0.1) is 0 Å². The van der Waals surface area contributed by atoms with E-state index < -0.39 is 115 Å². The molecular weight excluding hydrogens is 666 g/mol. The Morgan fingerprint density at radius 1 is 0.922 bits per heavy atom. The molecule has 0 aromatic heterocycles. The van der Waals surface area contributed by atoms with Crippen molar-refractivity contribution in [1.82, 2.24) is 25.8 Å². The predicted octanol–water partition coefficient (Wildman–Crippen LogP) is -2.33. The minimum atomic E-state index is -2.19. The van der Waals surface area contributed by atoms with Gasteiger partial charge in [0.05, 0.1) is 19.3 Å². The van der Waals surface area contributed by atoms with Crippen LogP contribution in [-0.2, 0) is 35.1 Å². The monoisotopic (exact) mass is 721 g/mol. The third-order valence-corrected chi connectivity index (χ3v) is 9.48. The van der Waals surface area contributed by atoms with Gasteiger partial charge >= 0.3 is 0 Å². The van der Waals surface area contributed by atoms with Gasteiger partial charge in [-0.25, -0.2) is 0 Å². The SMILES string of the molecule is CC(=O)N[C@@H](CC(C)C)C(=O)N[C@H](Cc1ccccc1)C(=O)N1[C@@H](CO)C[C@]2(O[C@H](CO)[C@@H](O)[C@H](O)[C@H]2O)[C@H]1C(=O)N[C@H](C(=O)N(C)C)C(C)C. The molecular formula is C35H55N5O11. The molecule has 51 heavy (non-hydrogen) atoms. The van der Waals surface area contributed by atoms with Crippen LogP contribution in [0.2, 0.25) is 0 Å². The first-order valence-corrected chi connectivity index (χ1v) is 17.3. The van der Waals surface area contributed by atoms with Crippen molar-refractivity contribution >= 4 is 29.5 Å². The fourth-order valence-corrected chi connectivity index (χ4v) is 6.96. The van der Waals surface area contributed by atoms with Gasteiger partial charge in [0.1, 0.15) is 54.2 Å². The van der Waals surface area contributed by atoms with E-state index >= 15 is 0 Å². The molecule has 1 aromatic rings. The summed E-state index contributed by atoms with van der Waals surface area (Å²) < 4.78 is 6.07. The summed E-state index contributed by atoms with van der Waals surface area (Å²) >= 11 is 0. The Hall–Kier alpha value is -3.67. The highest BCUT2D eigenvalue weighted by molar-refractivity contribution is 5.97. The topological polar surface area (TPSA) is 238 Å². The first-order valence-electron chi connectivity index (χ1n) is 17.3. The van der Waals surface area contributed by atoms with Crippen LogP contribution < -0.4 is 16.0 Å². The molecule has 0 aliphatic carbocycles. The van der Waals surface area contributed by atoms with E-state index in [-0.39, 0.29) is 18.8 Å². The molecule has 2 saturated heterocycles. The summed E-state index contributed by atoms with van der Waals surface area (Å²) in [6.07, 6.45) is -7.52. The maximum atomic E-state index is 14.9. The van der Waals surface area contributed by atoms with Crippen molar-refractivity contribution in [3.05, 3.63) is 35.9 Å². The van der Waals surface area contributed by atoms with E-state index in [9.17, 15) is 49.5 Å². The van der Waals surface area contributed by atoms with Crippen molar-refractivity contribution in [2.45, 2.75) is 114 Å². The van der Waals surface area contributed by atoms with Gasteiger partial charge in [-0.2, -0.15) is 0 Å². The molecule has 1 aromatic carbocycles. The van der Waals surface area contributed by atoms with Gasteiger partial charge in [0.15, 0.2) is 0 Å². The van der Waals surface area contributed by atoms with Crippen LogP contribution in [0.15, 0.2) is 30.3 Å². The number of carbonyl (C=O) groups excluding carboxylic acids is 5. The van der Waals surface area contributed by atoms with Crippen molar-refractivity contribution in [3.8, 4) is 0 Å². The first kappa shape index (κ1) is 41.7. The maximum Gasteiger partial charge on any atom is 0.246 e. The largest absolute Gasteiger partial charge is 0.394 e. The van der Waals surface area contributed by atoms with E-state index in [0.717, 1.165) is 4.90 Å². The van der Waals surface area contributed by atoms with Crippen LogP contribution in [0, 0.1) is 11.8 Å². The summed E-state index contributed by atoms with van der Waals surface area (Å²) in [7, 11) is 3.00. The van der Waals surface area contributed by atoms with Crippen molar-refractivity contribution in [2.75, 3.05) is 27.3 Å².